The maximum atomic E-state index is 10.6. The molecule has 0 aliphatic carbocycles. The van der Waals surface area contributed by atoms with Gasteiger partial charge in [0, 0.05) is 8.80 Å². The average molecular weight is 248 g/mol. The van der Waals surface area contributed by atoms with E-state index in [4.69, 9.17) is 9.90 Å². The van der Waals surface area contributed by atoms with Crippen molar-refractivity contribution in [2.45, 2.75) is 45.1 Å². The van der Waals surface area contributed by atoms with Crippen LogP contribution in [0.3, 0.4) is 0 Å². The molecular weight excluding hydrogens is 229 g/mol. The van der Waals surface area contributed by atoms with Crippen LogP contribution in [-0.4, -0.2) is 31.5 Å². The van der Waals surface area contributed by atoms with Crippen LogP contribution in [0.1, 0.15) is 20.8 Å². The van der Waals surface area contributed by atoms with Crippen molar-refractivity contribution in [1.82, 2.24) is 0 Å². The lowest BCUT2D eigenvalue weighted by Gasteiger charge is -2.03. The number of rotatable bonds is 3. The normalized spacial score (nSPS) is 10.1. The molecule has 0 saturated heterocycles. The van der Waals surface area contributed by atoms with Gasteiger partial charge in [0.1, 0.15) is 0 Å². The lowest BCUT2D eigenvalue weighted by Crippen LogP contribution is -2.21. The summed E-state index contributed by atoms with van der Waals surface area (Å²) in [6.45, 7) is 6.97. The molecule has 0 fully saturated rings. The van der Waals surface area contributed by atoms with Crippen LogP contribution in [0.15, 0.2) is 0 Å². The second kappa shape index (κ2) is 9.97. The third kappa shape index (κ3) is 13.4. The maximum Gasteiger partial charge on any atom is 0.490 e. The molecule has 0 spiro atoms. The molecule has 0 radical (unpaired) electrons. The van der Waals surface area contributed by atoms with Crippen molar-refractivity contribution in [3.63, 3.8) is 0 Å². The summed E-state index contributed by atoms with van der Waals surface area (Å²) in [6.07, 6.45) is -5.08. The molecule has 0 unspecified atom stereocenters. The van der Waals surface area contributed by atoms with Crippen molar-refractivity contribution in [3.05, 3.63) is 0 Å². The van der Waals surface area contributed by atoms with E-state index < -0.39 is 12.1 Å². The molecule has 0 saturated carbocycles. The minimum absolute atomic E-state index is 0. The lowest BCUT2D eigenvalue weighted by atomic mass is 10.7. The first-order chi connectivity index (χ1) is 6.29. The summed E-state index contributed by atoms with van der Waals surface area (Å²) >= 11 is 0. The van der Waals surface area contributed by atoms with E-state index in [2.05, 4.69) is 20.8 Å². The summed E-state index contributed by atoms with van der Waals surface area (Å²) < 4.78 is 31.7. The van der Waals surface area contributed by atoms with E-state index in [9.17, 15) is 13.2 Å². The summed E-state index contributed by atoms with van der Waals surface area (Å²) in [5, 5.41) is 7.12. The highest BCUT2D eigenvalue weighted by Gasteiger charge is 2.38. The molecule has 3 nitrogen and oxygen atoms in total. The molecule has 94 valence electrons. The third-order valence-electron chi connectivity index (χ3n) is 1.97. The van der Waals surface area contributed by atoms with Crippen molar-refractivity contribution >= 4 is 14.8 Å². The number of alkyl halides is 3. The van der Waals surface area contributed by atoms with Gasteiger partial charge >= 0.3 is 12.1 Å². The van der Waals surface area contributed by atoms with Gasteiger partial charge in [-0.25, -0.2) is 4.79 Å². The summed E-state index contributed by atoms with van der Waals surface area (Å²) in [4.78, 5) is 8.90. The molecular formula is C8H19F3O3Si. The monoisotopic (exact) mass is 248 g/mol. The Labute approximate surface area is 89.2 Å². The highest BCUT2D eigenvalue weighted by atomic mass is 28.3. The smallest absolute Gasteiger partial charge is 0.475 e. The molecule has 0 aromatic carbocycles. The molecule has 0 heterocycles. The Balaban J connectivity index is -0.000000180. The molecule has 0 rings (SSSR count). The molecule has 0 amide bonds. The molecule has 0 aliphatic rings. The van der Waals surface area contributed by atoms with Gasteiger partial charge in [0.05, 0.1) is 0 Å². The van der Waals surface area contributed by atoms with E-state index in [1.807, 2.05) is 0 Å². The predicted molar refractivity (Wildman–Crippen MR) is 55.9 cm³/mol. The van der Waals surface area contributed by atoms with Crippen molar-refractivity contribution in [3.8, 4) is 0 Å². The number of carboxylic acid groups (broad SMARTS) is 1. The second-order valence-corrected chi connectivity index (χ2v) is 7.08. The Hall–Kier alpha value is -0.563. The summed E-state index contributed by atoms with van der Waals surface area (Å²) in [6, 6.07) is 4.48. The minimum Gasteiger partial charge on any atom is -0.475 e. The van der Waals surface area contributed by atoms with Gasteiger partial charge in [0.15, 0.2) is 0 Å². The Bertz CT molecular complexity index is 152. The van der Waals surface area contributed by atoms with Gasteiger partial charge in [0.25, 0.3) is 0 Å². The first-order valence-corrected chi connectivity index (χ1v) is 7.04. The number of hydrogen-bond acceptors (Lipinski definition) is 1. The maximum absolute atomic E-state index is 10.6. The van der Waals surface area contributed by atoms with Gasteiger partial charge in [-0.05, 0) is 0 Å². The molecule has 0 aromatic rings. The molecule has 7 heteroatoms. The summed E-state index contributed by atoms with van der Waals surface area (Å²) in [5.41, 5.74) is 0. The van der Waals surface area contributed by atoms with E-state index in [1.165, 1.54) is 18.1 Å². The topological polar surface area (TPSA) is 68.8 Å². The molecule has 15 heavy (non-hydrogen) atoms. The van der Waals surface area contributed by atoms with Gasteiger partial charge in [0.2, 0.25) is 0 Å². The van der Waals surface area contributed by atoms with Crippen LogP contribution in [-0.2, 0) is 4.79 Å². The van der Waals surface area contributed by atoms with Gasteiger partial charge in [-0.1, -0.05) is 38.9 Å². The van der Waals surface area contributed by atoms with Gasteiger partial charge in [-0.3, -0.25) is 0 Å². The molecule has 0 atom stereocenters. The predicted octanol–water partition coefficient (Wildman–Crippen LogP) is 2.08. The largest absolute Gasteiger partial charge is 0.490 e. The average Bonchev–Trinajstić information content (AvgIpc) is 2.07. The molecule has 0 aliphatic heterocycles. The van der Waals surface area contributed by atoms with Gasteiger partial charge < -0.3 is 10.6 Å². The van der Waals surface area contributed by atoms with Gasteiger partial charge in [-0.15, -0.1) is 0 Å². The zero-order chi connectivity index (χ0) is 11.8. The van der Waals surface area contributed by atoms with Gasteiger partial charge in [-0.2, -0.15) is 13.2 Å². The summed E-state index contributed by atoms with van der Waals surface area (Å²) in [7, 11) is -0.171. The quantitative estimate of drug-likeness (QED) is 0.777. The number of aliphatic carboxylic acids is 1. The van der Waals surface area contributed by atoms with E-state index >= 15 is 0 Å². The fourth-order valence-corrected chi connectivity index (χ4v) is 2.60. The first kappa shape index (κ1) is 19.9. The first-order valence-electron chi connectivity index (χ1n) is 4.59. The summed E-state index contributed by atoms with van der Waals surface area (Å²) in [5.74, 6) is -2.76. The second-order valence-electron chi connectivity index (χ2n) is 2.89. The van der Waals surface area contributed by atoms with Crippen LogP contribution < -0.4 is 0 Å². The van der Waals surface area contributed by atoms with Crippen molar-refractivity contribution in [2.24, 2.45) is 0 Å². The highest BCUT2D eigenvalue weighted by molar-refractivity contribution is 6.58. The molecule has 0 bridgehead atoms. The Morgan fingerprint density at radius 2 is 1.33 bits per heavy atom. The fourth-order valence-electron chi connectivity index (χ4n) is 0.866. The van der Waals surface area contributed by atoms with Crippen LogP contribution in [0.25, 0.3) is 0 Å². The fraction of sp³-hybridized carbons (Fsp3) is 0.875. The van der Waals surface area contributed by atoms with Crippen molar-refractivity contribution < 1.29 is 28.5 Å². The van der Waals surface area contributed by atoms with E-state index in [-0.39, 0.29) is 14.3 Å². The minimum atomic E-state index is -5.08. The van der Waals surface area contributed by atoms with Crippen LogP contribution in [0, 0.1) is 0 Å². The van der Waals surface area contributed by atoms with Crippen LogP contribution in [0.5, 0.6) is 0 Å². The Morgan fingerprint density at radius 3 is 1.33 bits per heavy atom. The van der Waals surface area contributed by atoms with Crippen LogP contribution in [0.4, 0.5) is 13.2 Å². The highest BCUT2D eigenvalue weighted by Crippen LogP contribution is 2.13. The van der Waals surface area contributed by atoms with Crippen LogP contribution in [0.2, 0.25) is 18.1 Å². The van der Waals surface area contributed by atoms with E-state index in [0.29, 0.717) is 0 Å². The Kier molecular flexibility index (Phi) is 13.2. The third-order valence-corrected chi connectivity index (χ3v) is 5.44. The SMILES string of the molecule is CC[SiH](CC)CC.O.O=C(O)C(F)(F)F. The van der Waals surface area contributed by atoms with Crippen molar-refractivity contribution in [1.29, 1.82) is 0 Å². The standard InChI is InChI=1S/C6H16Si.C2HF3O2.H2O/c1-4-7(5-2)6-3;3-2(4,5)1(6)7;/h7H,4-6H2,1-3H3;(H,6,7);1H2. The van der Waals surface area contributed by atoms with E-state index in [0.717, 1.165) is 0 Å². The lowest BCUT2D eigenvalue weighted by molar-refractivity contribution is -0.192. The zero-order valence-corrected chi connectivity index (χ0v) is 10.3. The number of carbonyl (C=O) groups is 1. The van der Waals surface area contributed by atoms with Crippen molar-refractivity contribution in [2.75, 3.05) is 0 Å². The van der Waals surface area contributed by atoms with Crippen LogP contribution >= 0.6 is 0 Å². The van der Waals surface area contributed by atoms with E-state index in [1.54, 1.807) is 0 Å². The number of carboxylic acids is 1. The molecule has 3 N–H and O–H groups in total. The Morgan fingerprint density at radius 1 is 1.13 bits per heavy atom. The zero-order valence-electron chi connectivity index (χ0n) is 9.19. The number of hydrogen-bond donors (Lipinski definition) is 1. The molecule has 0 aromatic heterocycles. The number of halogens is 3.